The number of nitrogens with two attached hydrogens (primary N) is 1. The maximum absolute atomic E-state index is 12.5. The summed E-state index contributed by atoms with van der Waals surface area (Å²) in [6.45, 7) is 0.449. The molecule has 1 aromatic carbocycles. The number of alkyl halides is 3. The van der Waals surface area contributed by atoms with Crippen molar-refractivity contribution in [3.8, 4) is 11.3 Å². The van der Waals surface area contributed by atoms with Crippen molar-refractivity contribution in [1.29, 1.82) is 0 Å². The molecular weight excluding hydrogens is 255 g/mol. The zero-order chi connectivity index (χ0) is 14.0. The molecule has 2 rings (SSSR count). The fourth-order valence-corrected chi connectivity index (χ4v) is 1.99. The standard InChI is InChI=1S/C13H14F3N3/c1-19-8-18-11(6-7-17)12(19)9-2-4-10(5-3-9)13(14,15)16/h2-5,8H,6-7,17H2,1H3. The van der Waals surface area contributed by atoms with Gasteiger partial charge in [0.25, 0.3) is 0 Å². The van der Waals surface area contributed by atoms with Crippen molar-refractivity contribution in [2.45, 2.75) is 12.6 Å². The van der Waals surface area contributed by atoms with Gasteiger partial charge in [0.1, 0.15) is 0 Å². The van der Waals surface area contributed by atoms with E-state index in [4.69, 9.17) is 5.73 Å². The molecule has 0 fully saturated rings. The molecule has 1 aromatic heterocycles. The minimum atomic E-state index is -4.31. The number of hydrogen-bond acceptors (Lipinski definition) is 2. The van der Waals surface area contributed by atoms with Crippen LogP contribution < -0.4 is 5.73 Å². The van der Waals surface area contributed by atoms with E-state index in [1.165, 1.54) is 12.1 Å². The summed E-state index contributed by atoms with van der Waals surface area (Å²) < 4.78 is 39.3. The van der Waals surface area contributed by atoms with Crippen molar-refractivity contribution in [2.75, 3.05) is 6.54 Å². The van der Waals surface area contributed by atoms with Crippen LogP contribution in [0.25, 0.3) is 11.3 Å². The number of nitrogens with zero attached hydrogens (tertiary/aromatic N) is 2. The van der Waals surface area contributed by atoms with Gasteiger partial charge in [-0.3, -0.25) is 0 Å². The Morgan fingerprint density at radius 2 is 1.84 bits per heavy atom. The lowest BCUT2D eigenvalue weighted by molar-refractivity contribution is -0.137. The molecule has 0 saturated carbocycles. The molecule has 1 heterocycles. The average molecular weight is 269 g/mol. The molecule has 0 aliphatic heterocycles. The zero-order valence-electron chi connectivity index (χ0n) is 10.4. The van der Waals surface area contributed by atoms with E-state index >= 15 is 0 Å². The molecule has 0 atom stereocenters. The molecular formula is C13H14F3N3. The second-order valence-corrected chi connectivity index (χ2v) is 4.26. The summed E-state index contributed by atoms with van der Waals surface area (Å²) in [5, 5.41) is 0. The fourth-order valence-electron chi connectivity index (χ4n) is 1.99. The minimum Gasteiger partial charge on any atom is -0.334 e. The summed E-state index contributed by atoms with van der Waals surface area (Å²) in [6, 6.07) is 5.07. The first kappa shape index (κ1) is 13.6. The summed E-state index contributed by atoms with van der Waals surface area (Å²) in [4.78, 5) is 4.21. The van der Waals surface area contributed by atoms with Crippen LogP contribution in [0.4, 0.5) is 13.2 Å². The Bertz CT molecular complexity index is 556. The predicted molar refractivity (Wildman–Crippen MR) is 66.4 cm³/mol. The molecule has 0 amide bonds. The third kappa shape index (κ3) is 2.78. The van der Waals surface area contributed by atoms with E-state index in [0.29, 0.717) is 18.5 Å². The third-order valence-corrected chi connectivity index (χ3v) is 2.88. The van der Waals surface area contributed by atoms with E-state index in [0.717, 1.165) is 23.5 Å². The van der Waals surface area contributed by atoms with Gasteiger partial charge in [0.15, 0.2) is 0 Å². The van der Waals surface area contributed by atoms with Crippen molar-refractivity contribution in [3.63, 3.8) is 0 Å². The third-order valence-electron chi connectivity index (χ3n) is 2.88. The largest absolute Gasteiger partial charge is 0.416 e. The van der Waals surface area contributed by atoms with Gasteiger partial charge in [0.05, 0.1) is 23.3 Å². The minimum absolute atomic E-state index is 0.449. The number of benzene rings is 1. The molecule has 0 aliphatic rings. The Hall–Kier alpha value is -1.82. The van der Waals surface area contributed by atoms with Crippen molar-refractivity contribution >= 4 is 0 Å². The van der Waals surface area contributed by atoms with E-state index in [1.54, 1.807) is 17.9 Å². The van der Waals surface area contributed by atoms with Gasteiger partial charge in [-0.15, -0.1) is 0 Å². The van der Waals surface area contributed by atoms with Crippen LogP contribution in [0.15, 0.2) is 30.6 Å². The quantitative estimate of drug-likeness (QED) is 0.930. The van der Waals surface area contributed by atoms with Crippen LogP contribution in [-0.2, 0) is 19.6 Å². The SMILES string of the molecule is Cn1cnc(CCN)c1-c1ccc(C(F)(F)F)cc1. The average Bonchev–Trinajstić information content (AvgIpc) is 2.70. The predicted octanol–water partition coefficient (Wildman–Crippen LogP) is 2.61. The normalized spacial score (nSPS) is 11.8. The summed E-state index contributed by atoms with van der Waals surface area (Å²) >= 11 is 0. The first-order valence-corrected chi connectivity index (χ1v) is 5.81. The topological polar surface area (TPSA) is 43.8 Å². The molecule has 0 spiro atoms. The summed E-state index contributed by atoms with van der Waals surface area (Å²) in [5.74, 6) is 0. The highest BCUT2D eigenvalue weighted by atomic mass is 19.4. The van der Waals surface area contributed by atoms with Crippen LogP contribution in [0.5, 0.6) is 0 Å². The van der Waals surface area contributed by atoms with E-state index < -0.39 is 11.7 Å². The molecule has 102 valence electrons. The summed E-state index contributed by atoms with van der Waals surface area (Å²) in [6.07, 6.45) is -2.08. The Labute approximate surface area is 108 Å². The summed E-state index contributed by atoms with van der Waals surface area (Å²) in [5.41, 5.74) is 7.15. The molecule has 3 nitrogen and oxygen atoms in total. The highest BCUT2D eigenvalue weighted by Gasteiger charge is 2.30. The molecule has 0 radical (unpaired) electrons. The smallest absolute Gasteiger partial charge is 0.334 e. The van der Waals surface area contributed by atoms with Gasteiger partial charge in [-0.1, -0.05) is 12.1 Å². The van der Waals surface area contributed by atoms with Gasteiger partial charge in [-0.25, -0.2) is 4.98 Å². The van der Waals surface area contributed by atoms with Gasteiger partial charge in [-0.05, 0) is 18.7 Å². The van der Waals surface area contributed by atoms with Crippen LogP contribution in [0.1, 0.15) is 11.3 Å². The Morgan fingerprint density at radius 3 is 2.37 bits per heavy atom. The monoisotopic (exact) mass is 269 g/mol. The molecule has 6 heteroatoms. The zero-order valence-corrected chi connectivity index (χ0v) is 10.4. The second kappa shape index (κ2) is 5.05. The van der Waals surface area contributed by atoms with E-state index in [2.05, 4.69) is 4.98 Å². The van der Waals surface area contributed by atoms with Gasteiger partial charge >= 0.3 is 6.18 Å². The van der Waals surface area contributed by atoms with Crippen LogP contribution in [0.2, 0.25) is 0 Å². The first-order chi connectivity index (χ1) is 8.93. The van der Waals surface area contributed by atoms with Crippen molar-refractivity contribution in [2.24, 2.45) is 12.8 Å². The molecule has 2 N–H and O–H groups in total. The summed E-state index contributed by atoms with van der Waals surface area (Å²) in [7, 11) is 1.81. The van der Waals surface area contributed by atoms with Crippen molar-refractivity contribution in [3.05, 3.63) is 41.9 Å². The Balaban J connectivity index is 2.40. The van der Waals surface area contributed by atoms with E-state index in [1.807, 2.05) is 0 Å². The lowest BCUT2D eigenvalue weighted by Crippen LogP contribution is -2.06. The molecule has 0 saturated heterocycles. The number of halogens is 3. The molecule has 0 aliphatic carbocycles. The second-order valence-electron chi connectivity index (χ2n) is 4.26. The highest BCUT2D eigenvalue weighted by Crippen LogP contribution is 2.31. The highest BCUT2D eigenvalue weighted by molar-refractivity contribution is 5.63. The molecule has 2 aromatic rings. The van der Waals surface area contributed by atoms with Crippen LogP contribution in [0.3, 0.4) is 0 Å². The van der Waals surface area contributed by atoms with Crippen LogP contribution >= 0.6 is 0 Å². The van der Waals surface area contributed by atoms with Crippen LogP contribution in [0, 0.1) is 0 Å². The number of imidazole rings is 1. The lowest BCUT2D eigenvalue weighted by Gasteiger charge is -2.09. The maximum Gasteiger partial charge on any atom is 0.416 e. The van der Waals surface area contributed by atoms with Gasteiger partial charge in [0, 0.05) is 19.0 Å². The lowest BCUT2D eigenvalue weighted by atomic mass is 10.1. The number of rotatable bonds is 3. The number of hydrogen-bond donors (Lipinski definition) is 1. The fraction of sp³-hybridized carbons (Fsp3) is 0.308. The maximum atomic E-state index is 12.5. The number of aromatic nitrogens is 2. The van der Waals surface area contributed by atoms with Gasteiger partial charge in [-0.2, -0.15) is 13.2 Å². The Kier molecular flexibility index (Phi) is 3.61. The molecule has 19 heavy (non-hydrogen) atoms. The van der Waals surface area contributed by atoms with Crippen LogP contribution in [-0.4, -0.2) is 16.1 Å². The van der Waals surface area contributed by atoms with Crippen molar-refractivity contribution in [1.82, 2.24) is 9.55 Å². The Morgan fingerprint density at radius 1 is 1.21 bits per heavy atom. The number of aryl methyl sites for hydroxylation is 1. The van der Waals surface area contributed by atoms with E-state index in [-0.39, 0.29) is 0 Å². The first-order valence-electron chi connectivity index (χ1n) is 5.81. The molecule has 0 unspecified atom stereocenters. The van der Waals surface area contributed by atoms with Crippen molar-refractivity contribution < 1.29 is 13.2 Å². The molecule has 0 bridgehead atoms. The van der Waals surface area contributed by atoms with Gasteiger partial charge in [0.2, 0.25) is 0 Å². The van der Waals surface area contributed by atoms with E-state index in [9.17, 15) is 13.2 Å². The van der Waals surface area contributed by atoms with Gasteiger partial charge < -0.3 is 10.3 Å².